The van der Waals surface area contributed by atoms with Crippen LogP contribution in [0.5, 0.6) is 0 Å². The second kappa shape index (κ2) is 13.2. The Hall–Kier alpha value is -4.45. The van der Waals surface area contributed by atoms with Crippen molar-refractivity contribution in [2.45, 2.75) is 76.9 Å². The van der Waals surface area contributed by atoms with Crippen LogP contribution in [0, 0.1) is 29.1 Å². The molecule has 1 unspecified atom stereocenters. The second-order valence-corrected chi connectivity index (χ2v) is 14.4. The molecule has 2 aromatic carbocycles. The van der Waals surface area contributed by atoms with E-state index in [0.29, 0.717) is 34.8 Å². The van der Waals surface area contributed by atoms with Gasteiger partial charge in [0.1, 0.15) is 11.6 Å². The molecule has 12 nitrogen and oxygen atoms in total. The van der Waals surface area contributed by atoms with Gasteiger partial charge < -0.3 is 36.8 Å². The van der Waals surface area contributed by atoms with Crippen molar-refractivity contribution in [1.29, 1.82) is 5.41 Å². The van der Waals surface area contributed by atoms with Crippen LogP contribution in [0.3, 0.4) is 0 Å². The van der Waals surface area contributed by atoms with Crippen LogP contribution in [0.2, 0.25) is 5.02 Å². The number of urea groups is 1. The predicted molar refractivity (Wildman–Crippen MR) is 183 cm³/mol. The van der Waals surface area contributed by atoms with E-state index in [1.807, 2.05) is 26.0 Å². The number of benzene rings is 2. The van der Waals surface area contributed by atoms with Gasteiger partial charge in [-0.2, -0.15) is 0 Å². The molecule has 254 valence electrons. The highest BCUT2D eigenvalue weighted by Gasteiger charge is 2.54. The van der Waals surface area contributed by atoms with Gasteiger partial charge >= 0.3 is 6.03 Å². The summed E-state index contributed by atoms with van der Waals surface area (Å²) in [4.78, 5) is 56.2. The summed E-state index contributed by atoms with van der Waals surface area (Å²) >= 11 is 6.20. The molecule has 48 heavy (non-hydrogen) atoms. The minimum Gasteiger partial charge on any atom is -0.410 e. The minimum absolute atomic E-state index is 0.0697. The molecule has 4 aliphatic rings. The predicted octanol–water partition coefficient (Wildman–Crippen LogP) is 4.60. The number of carbonyl (C=O) groups excluding carboxylic acids is 4. The molecular formula is C35H42ClN7O5. The molecule has 5 amide bonds. The Morgan fingerprint density at radius 2 is 1.69 bits per heavy atom. The molecular weight excluding hydrogens is 634 g/mol. The highest BCUT2D eigenvalue weighted by atomic mass is 35.5. The van der Waals surface area contributed by atoms with E-state index >= 15 is 0 Å². The van der Waals surface area contributed by atoms with Crippen LogP contribution < -0.4 is 21.3 Å². The summed E-state index contributed by atoms with van der Waals surface area (Å²) in [6.45, 7) is 5.78. The number of nitrogens with zero attached hydrogens (tertiary/aromatic N) is 2. The summed E-state index contributed by atoms with van der Waals surface area (Å²) < 4.78 is 0. The standard InChI is InChI=1S/C35H42ClN7O5/c1-18(2)27-17-43(34(47)40-27)35(33(46)39-25-6-4-5-24(36)14-25)15-22-11-12-26(13-23(22)16-35)38-32(45)30(28(20-7-8-20)21-9-10-21)41-31(44)29(42-48)19(3)37/h4-6,11-14,18,20-21,27-28,30,37,48H,7-10,15-17H2,1-3H3,(H,38,45)(H,39,46)(H,40,47)(H,41,44)/t27-,30-,35?/m0/s1. The Kier molecular flexibility index (Phi) is 9.21. The molecule has 1 heterocycles. The number of carbonyl (C=O) groups is 4. The monoisotopic (exact) mass is 675 g/mol. The van der Waals surface area contributed by atoms with Crippen molar-refractivity contribution < 1.29 is 24.4 Å². The van der Waals surface area contributed by atoms with Crippen molar-refractivity contribution in [2.24, 2.45) is 28.8 Å². The molecule has 2 aromatic rings. The van der Waals surface area contributed by atoms with Gasteiger partial charge in [0, 0.05) is 35.8 Å². The maximum Gasteiger partial charge on any atom is 0.318 e. The quantitative estimate of drug-likeness (QED) is 0.109. The lowest BCUT2D eigenvalue weighted by Gasteiger charge is -2.36. The molecule has 0 bridgehead atoms. The minimum atomic E-state index is -1.22. The Bertz CT molecular complexity index is 1670. The lowest BCUT2D eigenvalue weighted by molar-refractivity contribution is -0.125. The van der Waals surface area contributed by atoms with Crippen LogP contribution >= 0.6 is 11.6 Å². The zero-order valence-electron chi connectivity index (χ0n) is 27.3. The zero-order valence-corrected chi connectivity index (χ0v) is 28.1. The highest BCUT2D eigenvalue weighted by Crippen LogP contribution is 2.51. The first-order valence-electron chi connectivity index (χ1n) is 16.6. The van der Waals surface area contributed by atoms with E-state index in [4.69, 9.17) is 17.0 Å². The van der Waals surface area contributed by atoms with Crippen molar-refractivity contribution in [3.05, 3.63) is 58.6 Å². The number of nitrogens with one attached hydrogen (secondary N) is 5. The lowest BCUT2D eigenvalue weighted by atomic mass is 9.88. The van der Waals surface area contributed by atoms with Crippen LogP contribution in [0.15, 0.2) is 47.6 Å². The first-order chi connectivity index (χ1) is 22.9. The Morgan fingerprint density at radius 3 is 2.27 bits per heavy atom. The van der Waals surface area contributed by atoms with Crippen LogP contribution in [0.25, 0.3) is 0 Å². The van der Waals surface area contributed by atoms with Crippen LogP contribution in [0.4, 0.5) is 16.2 Å². The lowest BCUT2D eigenvalue weighted by Crippen LogP contribution is -2.59. The largest absolute Gasteiger partial charge is 0.410 e. The summed E-state index contributed by atoms with van der Waals surface area (Å²) in [5.41, 5.74) is 0.872. The number of rotatable bonds is 12. The van der Waals surface area contributed by atoms with E-state index in [0.717, 1.165) is 36.8 Å². The summed E-state index contributed by atoms with van der Waals surface area (Å²) in [7, 11) is 0. The Labute approximate surface area is 284 Å². The normalized spacial score (nSPS) is 22.7. The fraction of sp³-hybridized carbons (Fsp3) is 0.486. The molecule has 3 aliphatic carbocycles. The first kappa shape index (κ1) is 33.5. The third kappa shape index (κ3) is 6.76. The van der Waals surface area contributed by atoms with Crippen LogP contribution in [0.1, 0.15) is 57.6 Å². The first-order valence-corrected chi connectivity index (χ1v) is 16.9. The number of anilines is 2. The van der Waals surface area contributed by atoms with Crippen molar-refractivity contribution >= 4 is 58.2 Å². The van der Waals surface area contributed by atoms with E-state index in [1.165, 1.54) is 6.92 Å². The SMILES string of the molecule is CC(=N)C(=NO)C(=O)N[C@H](C(=O)Nc1ccc2c(c1)CC(C(=O)Nc1cccc(Cl)c1)(N1C[C@@H](C(C)C)NC1=O)C2)C(C1CC1)C1CC1. The molecule has 13 heteroatoms. The van der Waals surface area contributed by atoms with Crippen molar-refractivity contribution in [2.75, 3.05) is 17.2 Å². The van der Waals surface area contributed by atoms with Crippen molar-refractivity contribution in [3.8, 4) is 0 Å². The second-order valence-electron chi connectivity index (χ2n) is 14.0. The maximum atomic E-state index is 14.2. The van der Waals surface area contributed by atoms with E-state index in [9.17, 15) is 24.4 Å². The molecule has 0 radical (unpaired) electrons. The third-order valence-electron chi connectivity index (χ3n) is 10.2. The average molecular weight is 676 g/mol. The molecule has 6 rings (SSSR count). The molecule has 1 aliphatic heterocycles. The van der Waals surface area contributed by atoms with Gasteiger partial charge in [-0.3, -0.25) is 14.4 Å². The Balaban J connectivity index is 1.26. The van der Waals surface area contributed by atoms with E-state index < -0.39 is 29.1 Å². The van der Waals surface area contributed by atoms with Crippen molar-refractivity contribution in [3.63, 3.8) is 0 Å². The number of oxime groups is 1. The molecule has 6 N–H and O–H groups in total. The average Bonchev–Trinajstić information content (AvgIpc) is 3.96. The van der Waals surface area contributed by atoms with Crippen molar-refractivity contribution in [1.82, 2.24) is 15.5 Å². The fourth-order valence-corrected chi connectivity index (χ4v) is 7.47. The van der Waals surface area contributed by atoms with Gasteiger partial charge in [-0.1, -0.05) is 42.7 Å². The van der Waals surface area contributed by atoms with Gasteiger partial charge in [0.25, 0.3) is 11.8 Å². The fourth-order valence-electron chi connectivity index (χ4n) is 7.28. The highest BCUT2D eigenvalue weighted by molar-refractivity contribution is 6.65. The third-order valence-corrected chi connectivity index (χ3v) is 10.4. The number of hydrogen-bond donors (Lipinski definition) is 6. The molecule has 2 saturated carbocycles. The van der Waals surface area contributed by atoms with Gasteiger partial charge in [-0.15, -0.1) is 0 Å². The molecule has 0 spiro atoms. The van der Waals surface area contributed by atoms with Gasteiger partial charge in [-0.05, 0) is 97.7 Å². The van der Waals surface area contributed by atoms with Crippen LogP contribution in [-0.2, 0) is 27.2 Å². The summed E-state index contributed by atoms with van der Waals surface area (Å²) in [5.74, 6) is -0.775. The molecule has 3 fully saturated rings. The zero-order chi connectivity index (χ0) is 34.3. The number of hydrogen-bond acceptors (Lipinski definition) is 7. The number of amides is 5. The smallest absolute Gasteiger partial charge is 0.318 e. The summed E-state index contributed by atoms with van der Waals surface area (Å²) in [6, 6.07) is 11.1. The topological polar surface area (TPSA) is 176 Å². The number of fused-ring (bicyclic) bond motifs is 1. The Morgan fingerprint density at radius 1 is 1.02 bits per heavy atom. The summed E-state index contributed by atoms with van der Waals surface area (Å²) in [6.07, 6.45) is 4.43. The van der Waals surface area contributed by atoms with Gasteiger partial charge in [0.15, 0.2) is 5.71 Å². The molecule has 1 saturated heterocycles. The summed E-state index contributed by atoms with van der Waals surface area (Å²) in [5, 5.41) is 32.4. The van der Waals surface area contributed by atoms with Crippen LogP contribution in [-0.4, -0.2) is 69.5 Å². The van der Waals surface area contributed by atoms with Gasteiger partial charge in [0.2, 0.25) is 5.91 Å². The number of halogens is 1. The van der Waals surface area contributed by atoms with Gasteiger partial charge in [0.05, 0.1) is 11.8 Å². The maximum absolute atomic E-state index is 14.2. The molecule has 0 aromatic heterocycles. The van der Waals surface area contributed by atoms with Gasteiger partial charge in [-0.25, -0.2) is 4.79 Å². The van der Waals surface area contributed by atoms with E-state index in [2.05, 4.69) is 26.4 Å². The molecule has 3 atom stereocenters. The van der Waals surface area contributed by atoms with E-state index in [-0.39, 0.29) is 48.4 Å². The van der Waals surface area contributed by atoms with E-state index in [1.54, 1.807) is 35.2 Å².